The molecule has 1 saturated heterocycles. The number of nitrogens with zero attached hydrogens (tertiary/aromatic N) is 1. The normalized spacial score (nSPS) is 33.1. The largest absolute Gasteiger partial charge is 0.342 e. The maximum absolute atomic E-state index is 12.3. The number of carbonyl (C=O) groups excluding carboxylic acids is 1. The molecule has 0 radical (unpaired) electrons. The Bertz CT molecular complexity index is 290. The SMILES string of the molecule is CC(C)C1CCN(C(=O)CC2CCCCC2N)C1. The van der Waals surface area contributed by atoms with Crippen LogP contribution in [0.5, 0.6) is 0 Å². The second kappa shape index (κ2) is 6.05. The van der Waals surface area contributed by atoms with Crippen LogP contribution >= 0.6 is 0 Å². The van der Waals surface area contributed by atoms with Crippen LogP contribution in [0.25, 0.3) is 0 Å². The number of hydrogen-bond acceptors (Lipinski definition) is 2. The van der Waals surface area contributed by atoms with E-state index < -0.39 is 0 Å². The number of nitrogens with two attached hydrogens (primary N) is 1. The Kier molecular flexibility index (Phi) is 4.66. The van der Waals surface area contributed by atoms with Gasteiger partial charge in [-0.05, 0) is 37.0 Å². The predicted octanol–water partition coefficient (Wildman–Crippen LogP) is 2.40. The van der Waals surface area contributed by atoms with Crippen LogP contribution in [0.2, 0.25) is 0 Å². The molecule has 2 fully saturated rings. The fourth-order valence-electron chi connectivity index (χ4n) is 3.40. The molecule has 18 heavy (non-hydrogen) atoms. The maximum atomic E-state index is 12.3. The highest BCUT2D eigenvalue weighted by atomic mass is 16.2. The zero-order valence-corrected chi connectivity index (χ0v) is 11.9. The Morgan fingerprint density at radius 1 is 1.28 bits per heavy atom. The summed E-state index contributed by atoms with van der Waals surface area (Å²) in [5.41, 5.74) is 6.13. The van der Waals surface area contributed by atoms with Crippen molar-refractivity contribution in [1.29, 1.82) is 0 Å². The van der Waals surface area contributed by atoms with Crippen molar-refractivity contribution >= 4 is 5.91 Å². The third kappa shape index (κ3) is 3.25. The standard InChI is InChI=1S/C15H28N2O/c1-11(2)13-7-8-17(10-13)15(18)9-12-5-3-4-6-14(12)16/h11-14H,3-10,16H2,1-2H3. The first-order chi connectivity index (χ1) is 8.58. The molecular weight excluding hydrogens is 224 g/mol. The molecule has 2 rings (SSSR count). The summed E-state index contributed by atoms with van der Waals surface area (Å²) in [5.74, 6) is 2.18. The Morgan fingerprint density at radius 3 is 2.61 bits per heavy atom. The molecule has 0 aromatic carbocycles. The molecule has 3 heteroatoms. The maximum Gasteiger partial charge on any atom is 0.222 e. The third-order valence-corrected chi connectivity index (χ3v) is 4.92. The van der Waals surface area contributed by atoms with Crippen molar-refractivity contribution in [1.82, 2.24) is 4.90 Å². The van der Waals surface area contributed by atoms with E-state index in [1.165, 1.54) is 19.3 Å². The minimum absolute atomic E-state index is 0.256. The van der Waals surface area contributed by atoms with E-state index in [0.717, 1.165) is 25.9 Å². The van der Waals surface area contributed by atoms with Gasteiger partial charge in [0.25, 0.3) is 0 Å². The summed E-state index contributed by atoms with van der Waals surface area (Å²) in [6, 6.07) is 0.256. The minimum Gasteiger partial charge on any atom is -0.342 e. The van der Waals surface area contributed by atoms with Crippen LogP contribution < -0.4 is 5.73 Å². The molecule has 1 saturated carbocycles. The second-order valence-corrected chi connectivity index (χ2v) is 6.55. The van der Waals surface area contributed by atoms with E-state index in [4.69, 9.17) is 5.73 Å². The smallest absolute Gasteiger partial charge is 0.222 e. The molecular formula is C15H28N2O. The molecule has 1 aliphatic heterocycles. The van der Waals surface area contributed by atoms with Crippen LogP contribution in [-0.2, 0) is 4.79 Å². The van der Waals surface area contributed by atoms with E-state index in [2.05, 4.69) is 18.7 Å². The van der Waals surface area contributed by atoms with Crippen LogP contribution in [0, 0.1) is 17.8 Å². The Balaban J connectivity index is 1.81. The fourth-order valence-corrected chi connectivity index (χ4v) is 3.40. The molecule has 3 atom stereocenters. The van der Waals surface area contributed by atoms with Gasteiger partial charge in [-0.25, -0.2) is 0 Å². The average molecular weight is 252 g/mol. The lowest BCUT2D eigenvalue weighted by Crippen LogP contribution is -2.38. The molecule has 2 aliphatic rings. The number of amides is 1. The molecule has 2 N–H and O–H groups in total. The van der Waals surface area contributed by atoms with Crippen LogP contribution in [0.15, 0.2) is 0 Å². The molecule has 1 amide bonds. The zero-order valence-electron chi connectivity index (χ0n) is 11.9. The van der Waals surface area contributed by atoms with Crippen LogP contribution in [0.1, 0.15) is 52.4 Å². The van der Waals surface area contributed by atoms with E-state index in [1.807, 2.05) is 0 Å². The van der Waals surface area contributed by atoms with E-state index >= 15 is 0 Å². The summed E-state index contributed by atoms with van der Waals surface area (Å²) in [5, 5.41) is 0. The van der Waals surface area contributed by atoms with Gasteiger partial charge in [0.1, 0.15) is 0 Å². The van der Waals surface area contributed by atoms with Crippen molar-refractivity contribution in [3.05, 3.63) is 0 Å². The van der Waals surface area contributed by atoms with Crippen LogP contribution in [-0.4, -0.2) is 29.9 Å². The lowest BCUT2D eigenvalue weighted by molar-refractivity contribution is -0.131. The fraction of sp³-hybridized carbons (Fsp3) is 0.933. The summed E-state index contributed by atoms with van der Waals surface area (Å²) in [7, 11) is 0. The van der Waals surface area contributed by atoms with Gasteiger partial charge in [0, 0.05) is 25.6 Å². The van der Waals surface area contributed by atoms with Crippen molar-refractivity contribution in [3.8, 4) is 0 Å². The van der Waals surface area contributed by atoms with Crippen LogP contribution in [0.3, 0.4) is 0 Å². The van der Waals surface area contributed by atoms with Crippen LogP contribution in [0.4, 0.5) is 0 Å². The highest BCUT2D eigenvalue weighted by Gasteiger charge is 2.31. The van der Waals surface area contributed by atoms with Gasteiger partial charge in [-0.1, -0.05) is 26.7 Å². The molecule has 0 aromatic heterocycles. The molecule has 1 aliphatic carbocycles. The van der Waals surface area contributed by atoms with Gasteiger partial charge >= 0.3 is 0 Å². The van der Waals surface area contributed by atoms with Crippen molar-refractivity contribution in [2.24, 2.45) is 23.5 Å². The summed E-state index contributed by atoms with van der Waals surface area (Å²) in [4.78, 5) is 14.4. The Labute approximate surface area is 111 Å². The van der Waals surface area contributed by atoms with Gasteiger partial charge < -0.3 is 10.6 Å². The number of carbonyl (C=O) groups is 1. The first-order valence-corrected chi connectivity index (χ1v) is 7.61. The summed E-state index contributed by atoms with van der Waals surface area (Å²) < 4.78 is 0. The minimum atomic E-state index is 0.256. The topological polar surface area (TPSA) is 46.3 Å². The Morgan fingerprint density at radius 2 is 2.00 bits per heavy atom. The van der Waals surface area contributed by atoms with E-state index in [0.29, 0.717) is 30.1 Å². The molecule has 0 spiro atoms. The van der Waals surface area contributed by atoms with E-state index in [-0.39, 0.29) is 6.04 Å². The summed E-state index contributed by atoms with van der Waals surface area (Å²) in [6.45, 7) is 6.45. The highest BCUT2D eigenvalue weighted by Crippen LogP contribution is 2.28. The molecule has 3 unspecified atom stereocenters. The first kappa shape index (κ1) is 13.9. The van der Waals surface area contributed by atoms with Gasteiger partial charge in [-0.15, -0.1) is 0 Å². The van der Waals surface area contributed by atoms with Crippen molar-refractivity contribution in [2.45, 2.75) is 58.4 Å². The number of hydrogen-bond donors (Lipinski definition) is 1. The van der Waals surface area contributed by atoms with Gasteiger partial charge in [-0.2, -0.15) is 0 Å². The quantitative estimate of drug-likeness (QED) is 0.838. The van der Waals surface area contributed by atoms with Crippen molar-refractivity contribution < 1.29 is 4.79 Å². The first-order valence-electron chi connectivity index (χ1n) is 7.61. The lowest BCUT2D eigenvalue weighted by Gasteiger charge is -2.29. The number of rotatable bonds is 3. The van der Waals surface area contributed by atoms with Gasteiger partial charge in [0.2, 0.25) is 5.91 Å². The zero-order chi connectivity index (χ0) is 13.1. The molecule has 104 valence electrons. The molecule has 3 nitrogen and oxygen atoms in total. The Hall–Kier alpha value is -0.570. The van der Waals surface area contributed by atoms with Gasteiger partial charge in [-0.3, -0.25) is 4.79 Å². The summed E-state index contributed by atoms with van der Waals surface area (Å²) in [6.07, 6.45) is 6.61. The predicted molar refractivity (Wildman–Crippen MR) is 74.1 cm³/mol. The highest BCUT2D eigenvalue weighted by molar-refractivity contribution is 5.76. The molecule has 0 aromatic rings. The van der Waals surface area contributed by atoms with E-state index in [9.17, 15) is 4.79 Å². The van der Waals surface area contributed by atoms with Crippen molar-refractivity contribution in [2.75, 3.05) is 13.1 Å². The van der Waals surface area contributed by atoms with Crippen molar-refractivity contribution in [3.63, 3.8) is 0 Å². The average Bonchev–Trinajstić information content (AvgIpc) is 2.81. The summed E-state index contributed by atoms with van der Waals surface area (Å²) >= 11 is 0. The second-order valence-electron chi connectivity index (χ2n) is 6.55. The number of likely N-dealkylation sites (tertiary alicyclic amines) is 1. The van der Waals surface area contributed by atoms with Gasteiger partial charge in [0.05, 0.1) is 0 Å². The molecule has 0 bridgehead atoms. The lowest BCUT2D eigenvalue weighted by atomic mass is 9.83. The molecule has 1 heterocycles. The van der Waals surface area contributed by atoms with E-state index in [1.54, 1.807) is 0 Å². The monoisotopic (exact) mass is 252 g/mol. The third-order valence-electron chi connectivity index (χ3n) is 4.92. The van der Waals surface area contributed by atoms with Gasteiger partial charge in [0.15, 0.2) is 0 Å².